The highest BCUT2D eigenvalue weighted by molar-refractivity contribution is 5.18. The van der Waals surface area contributed by atoms with Crippen LogP contribution >= 0.6 is 0 Å². The van der Waals surface area contributed by atoms with Crippen LogP contribution in [-0.2, 0) is 23.7 Å². The Morgan fingerprint density at radius 1 is 0.717 bits per heavy atom. The molecule has 9 N–H and O–H groups in total. The smallest absolute Gasteiger partial charge is 0.187 e. The van der Waals surface area contributed by atoms with Gasteiger partial charge in [-0.25, -0.2) is 0 Å². The van der Waals surface area contributed by atoms with Crippen LogP contribution in [0.1, 0.15) is 92.4 Å². The van der Waals surface area contributed by atoms with E-state index in [9.17, 15) is 46.0 Å². The predicted octanol–water partition coefficient (Wildman–Crippen LogP) is 0.395. The first-order chi connectivity index (χ1) is 25.0. The van der Waals surface area contributed by atoms with Crippen LogP contribution in [0.3, 0.4) is 0 Å². The normalized spacial score (nSPS) is 56.8. The second kappa shape index (κ2) is 15.0. The van der Waals surface area contributed by atoms with E-state index in [1.165, 1.54) is 0 Å². The third-order valence-corrected chi connectivity index (χ3v) is 15.7. The molecule has 0 aromatic rings. The van der Waals surface area contributed by atoms with Crippen molar-refractivity contribution in [3.63, 3.8) is 0 Å². The molecular weight excluding hydrogens is 692 g/mol. The minimum absolute atomic E-state index is 0.00892. The number of aliphatic hydroxyl groups is 9. The van der Waals surface area contributed by atoms with Crippen molar-refractivity contribution in [2.75, 3.05) is 13.2 Å². The summed E-state index contributed by atoms with van der Waals surface area (Å²) in [5.41, 5.74) is -0.117. The van der Waals surface area contributed by atoms with Gasteiger partial charge < -0.3 is 69.6 Å². The van der Waals surface area contributed by atoms with Crippen LogP contribution in [0.5, 0.6) is 0 Å². The second-order valence-corrected chi connectivity index (χ2v) is 18.8. The van der Waals surface area contributed by atoms with E-state index in [1.54, 1.807) is 0 Å². The van der Waals surface area contributed by atoms with E-state index < -0.39 is 86.5 Å². The molecule has 7 aliphatic rings. The van der Waals surface area contributed by atoms with Crippen molar-refractivity contribution in [2.24, 2.45) is 52.3 Å². The zero-order valence-electron chi connectivity index (χ0n) is 31.9. The van der Waals surface area contributed by atoms with Crippen LogP contribution in [0.15, 0.2) is 0 Å². The highest BCUT2D eigenvalue weighted by Crippen LogP contribution is 2.71. The third-order valence-electron chi connectivity index (χ3n) is 15.7. The second-order valence-electron chi connectivity index (χ2n) is 18.8. The van der Waals surface area contributed by atoms with Gasteiger partial charge in [0.05, 0.1) is 31.5 Å². The molecular formula is C39H66O14. The van der Waals surface area contributed by atoms with Gasteiger partial charge in [-0.05, 0) is 91.8 Å². The van der Waals surface area contributed by atoms with E-state index in [0.29, 0.717) is 42.9 Å². The maximum atomic E-state index is 12.0. The van der Waals surface area contributed by atoms with Crippen LogP contribution in [-0.4, -0.2) is 145 Å². The fourth-order valence-corrected chi connectivity index (χ4v) is 12.7. The number of hydrogen-bond donors (Lipinski definition) is 9. The fraction of sp³-hybridized carbons (Fsp3) is 1.00. The van der Waals surface area contributed by atoms with E-state index in [0.717, 1.165) is 38.5 Å². The molecule has 3 saturated heterocycles. The summed E-state index contributed by atoms with van der Waals surface area (Å²) in [7, 11) is 0. The predicted molar refractivity (Wildman–Crippen MR) is 186 cm³/mol. The standard InChI is InChI=1S/C39H66O14/c1-17(2)8-13-39(48)18(3)25-33(53-39)29(44)26-21-7-6-19-14-20(9-11-37(19,4)22(21)10-12-38(25,26)5)49-36-34(31(46)28(43)24(16-41)51-36)52-35-32(47)30(45)27(42)23(15-40)50-35/h17-36,40-48H,6-16H2,1-5H3/t18-,19?,20-,21+,22-,23+,24+,25-,26+,27+,28-,29-,30-,31-,32+,33+,34+,35-,36+,37-,38+,39?/m0/s1. The minimum atomic E-state index is -1.74. The van der Waals surface area contributed by atoms with E-state index >= 15 is 0 Å². The molecule has 7 rings (SSSR count). The lowest BCUT2D eigenvalue weighted by molar-refractivity contribution is -0.373. The molecule has 0 amide bonds. The lowest BCUT2D eigenvalue weighted by atomic mass is 9.44. The maximum Gasteiger partial charge on any atom is 0.187 e. The van der Waals surface area contributed by atoms with Crippen LogP contribution in [0.4, 0.5) is 0 Å². The number of ether oxygens (including phenoxy) is 5. The molecule has 2 unspecified atom stereocenters. The summed E-state index contributed by atoms with van der Waals surface area (Å²) in [6.07, 6.45) is -8.50. The molecule has 4 saturated carbocycles. The van der Waals surface area contributed by atoms with Gasteiger partial charge >= 0.3 is 0 Å². The van der Waals surface area contributed by atoms with Crippen molar-refractivity contribution >= 4 is 0 Å². The largest absolute Gasteiger partial charge is 0.394 e. The Hall–Kier alpha value is -0.560. The minimum Gasteiger partial charge on any atom is -0.394 e. The van der Waals surface area contributed by atoms with Crippen molar-refractivity contribution in [3.8, 4) is 0 Å². The van der Waals surface area contributed by atoms with Gasteiger partial charge in [0, 0.05) is 18.3 Å². The molecule has 3 heterocycles. The topological polar surface area (TPSA) is 228 Å². The van der Waals surface area contributed by atoms with E-state index in [4.69, 9.17) is 23.7 Å². The first-order valence-corrected chi connectivity index (χ1v) is 20.3. The highest BCUT2D eigenvalue weighted by Gasteiger charge is 2.71. The summed E-state index contributed by atoms with van der Waals surface area (Å²) >= 11 is 0. The summed E-state index contributed by atoms with van der Waals surface area (Å²) in [5, 5.41) is 96.3. The molecule has 306 valence electrons. The van der Waals surface area contributed by atoms with Crippen molar-refractivity contribution in [3.05, 3.63) is 0 Å². The van der Waals surface area contributed by atoms with Gasteiger partial charge in [0.25, 0.3) is 0 Å². The molecule has 0 spiro atoms. The Labute approximate surface area is 312 Å². The summed E-state index contributed by atoms with van der Waals surface area (Å²) in [6, 6.07) is 0. The van der Waals surface area contributed by atoms with Gasteiger partial charge in [-0.1, -0.05) is 34.6 Å². The molecule has 0 aromatic heterocycles. The van der Waals surface area contributed by atoms with Crippen LogP contribution in [0.2, 0.25) is 0 Å². The fourth-order valence-electron chi connectivity index (χ4n) is 12.7. The number of rotatable bonds is 9. The molecule has 0 radical (unpaired) electrons. The van der Waals surface area contributed by atoms with Crippen molar-refractivity contribution in [1.82, 2.24) is 0 Å². The Morgan fingerprint density at radius 3 is 2.02 bits per heavy atom. The van der Waals surface area contributed by atoms with Gasteiger partial charge in [0.1, 0.15) is 48.8 Å². The van der Waals surface area contributed by atoms with Gasteiger partial charge in [-0.3, -0.25) is 0 Å². The lowest BCUT2D eigenvalue weighted by Crippen LogP contribution is -2.65. The highest BCUT2D eigenvalue weighted by atomic mass is 16.8. The van der Waals surface area contributed by atoms with E-state index in [1.807, 2.05) is 0 Å². The summed E-state index contributed by atoms with van der Waals surface area (Å²) in [4.78, 5) is 0. The average Bonchev–Trinajstić information content (AvgIpc) is 3.52. The molecule has 22 atom stereocenters. The van der Waals surface area contributed by atoms with Crippen molar-refractivity contribution in [1.29, 1.82) is 0 Å². The van der Waals surface area contributed by atoms with Gasteiger partial charge in [-0.2, -0.15) is 0 Å². The first-order valence-electron chi connectivity index (χ1n) is 20.3. The summed E-state index contributed by atoms with van der Waals surface area (Å²) < 4.78 is 30.4. The summed E-state index contributed by atoms with van der Waals surface area (Å²) in [6.45, 7) is 9.90. The zero-order chi connectivity index (χ0) is 38.4. The Bertz CT molecular complexity index is 1270. The Morgan fingerprint density at radius 2 is 1.36 bits per heavy atom. The van der Waals surface area contributed by atoms with Crippen molar-refractivity contribution < 1.29 is 69.6 Å². The molecule has 0 bridgehead atoms. The Balaban J connectivity index is 1.04. The van der Waals surface area contributed by atoms with Crippen LogP contribution in [0.25, 0.3) is 0 Å². The quantitative estimate of drug-likeness (QED) is 0.145. The van der Waals surface area contributed by atoms with Crippen molar-refractivity contribution in [2.45, 2.75) is 178 Å². The molecule has 3 aliphatic heterocycles. The zero-order valence-corrected chi connectivity index (χ0v) is 31.9. The Kier molecular flexibility index (Phi) is 11.5. The summed E-state index contributed by atoms with van der Waals surface area (Å²) in [5.74, 6) is 0.445. The SMILES string of the molecule is CC(C)CCC1(O)O[C@H]2[C@@H](O)[C@H]3[C@@H]4CCC5C[C@@H](O[C@@H]6O[C@H](CO)[C@H](O)[C@H](O)[C@H]6O[C@@H]6O[C@H](CO)[C@@H](O)[C@H](O)[C@H]6O)CC[C@]5(C)[C@H]4CC[C@]3(C)[C@H]2[C@@H]1C. The van der Waals surface area contributed by atoms with E-state index in [2.05, 4.69) is 34.6 Å². The molecule has 7 fully saturated rings. The maximum absolute atomic E-state index is 12.0. The van der Waals surface area contributed by atoms with Gasteiger partial charge in [0.15, 0.2) is 18.4 Å². The molecule has 4 aliphatic carbocycles. The third kappa shape index (κ3) is 6.66. The molecule has 53 heavy (non-hydrogen) atoms. The number of fused-ring (bicyclic) bond motifs is 7. The number of aliphatic hydroxyl groups excluding tert-OH is 8. The average molecular weight is 759 g/mol. The van der Waals surface area contributed by atoms with Crippen LogP contribution in [0, 0.1) is 52.3 Å². The van der Waals surface area contributed by atoms with Gasteiger partial charge in [0.2, 0.25) is 0 Å². The first kappa shape index (κ1) is 40.6. The molecule has 14 heteroatoms. The number of hydrogen-bond acceptors (Lipinski definition) is 14. The molecule has 14 nitrogen and oxygen atoms in total. The lowest BCUT2D eigenvalue weighted by Gasteiger charge is -2.61. The monoisotopic (exact) mass is 758 g/mol. The van der Waals surface area contributed by atoms with Crippen LogP contribution < -0.4 is 0 Å². The molecule has 0 aromatic carbocycles. The van der Waals surface area contributed by atoms with Gasteiger partial charge in [-0.15, -0.1) is 0 Å². The van der Waals surface area contributed by atoms with E-state index in [-0.39, 0.29) is 40.8 Å².